The van der Waals surface area contributed by atoms with Gasteiger partial charge in [-0.25, -0.2) is 4.79 Å². The van der Waals surface area contributed by atoms with E-state index in [0.717, 1.165) is 6.42 Å². The molecule has 0 aromatic carbocycles. The molecule has 0 rings (SSSR count). The molecule has 6 nitrogen and oxygen atoms in total. The van der Waals surface area contributed by atoms with Crippen LogP contribution in [0.4, 0.5) is 4.79 Å². The Hall–Kier alpha value is -1.30. The third-order valence-corrected chi connectivity index (χ3v) is 3.70. The molecule has 0 aliphatic carbocycles. The quantitative estimate of drug-likeness (QED) is 0.613. The lowest BCUT2D eigenvalue weighted by atomic mass is 9.88. The Kier molecular flexibility index (Phi) is 10.7. The van der Waals surface area contributed by atoms with Crippen molar-refractivity contribution in [2.75, 3.05) is 33.4 Å². The maximum absolute atomic E-state index is 12.0. The van der Waals surface area contributed by atoms with Gasteiger partial charge in [-0.05, 0) is 31.6 Å². The third-order valence-electron chi connectivity index (χ3n) is 3.70. The molecule has 1 atom stereocenters. The molecule has 0 saturated carbocycles. The number of nitrogens with zero attached hydrogens (tertiary/aromatic N) is 1. The molecule has 0 aliphatic heterocycles. The van der Waals surface area contributed by atoms with E-state index in [2.05, 4.69) is 19.2 Å². The van der Waals surface area contributed by atoms with E-state index < -0.39 is 5.97 Å². The fourth-order valence-electron chi connectivity index (χ4n) is 2.20. The number of methoxy groups -OCH3 is 1. The number of urea groups is 1. The standard InChI is InChI=1S/C15H30N2O4/c1-5-17(10-11-21-4)15(20)16-9-8-13(12(2)3)6-7-14(18)19/h12-13H,5-11H2,1-4H3,(H,16,20)(H,18,19). The Morgan fingerprint density at radius 1 is 1.29 bits per heavy atom. The predicted molar refractivity (Wildman–Crippen MR) is 82.3 cm³/mol. The number of carbonyl (C=O) groups excluding carboxylic acids is 1. The summed E-state index contributed by atoms with van der Waals surface area (Å²) in [7, 11) is 1.61. The number of amides is 2. The average Bonchev–Trinajstić information content (AvgIpc) is 2.42. The SMILES string of the molecule is CCN(CCOC)C(=O)NCCC(CCC(=O)O)C(C)C. The van der Waals surface area contributed by atoms with Gasteiger partial charge in [0.2, 0.25) is 0 Å². The summed E-state index contributed by atoms with van der Waals surface area (Å²) in [5.41, 5.74) is 0. The molecule has 0 fully saturated rings. The second-order valence-electron chi connectivity index (χ2n) is 5.53. The molecule has 0 heterocycles. The Morgan fingerprint density at radius 3 is 2.43 bits per heavy atom. The number of hydrogen-bond acceptors (Lipinski definition) is 3. The molecule has 21 heavy (non-hydrogen) atoms. The number of aliphatic carboxylic acids is 1. The highest BCUT2D eigenvalue weighted by Crippen LogP contribution is 2.20. The maximum Gasteiger partial charge on any atom is 0.317 e. The molecule has 0 saturated heterocycles. The smallest absolute Gasteiger partial charge is 0.317 e. The van der Waals surface area contributed by atoms with Crippen LogP contribution < -0.4 is 5.32 Å². The summed E-state index contributed by atoms with van der Waals surface area (Å²) in [4.78, 5) is 24.3. The molecular weight excluding hydrogens is 272 g/mol. The lowest BCUT2D eigenvalue weighted by Crippen LogP contribution is -2.42. The second-order valence-corrected chi connectivity index (χ2v) is 5.53. The fraction of sp³-hybridized carbons (Fsp3) is 0.867. The maximum atomic E-state index is 12.0. The molecule has 2 N–H and O–H groups in total. The van der Waals surface area contributed by atoms with Crippen LogP contribution in [0.2, 0.25) is 0 Å². The number of carboxylic acid groups (broad SMARTS) is 1. The van der Waals surface area contributed by atoms with Gasteiger partial charge < -0.3 is 20.1 Å². The van der Waals surface area contributed by atoms with E-state index >= 15 is 0 Å². The highest BCUT2D eigenvalue weighted by molar-refractivity contribution is 5.74. The first kappa shape index (κ1) is 19.7. The van der Waals surface area contributed by atoms with Gasteiger partial charge in [-0.1, -0.05) is 13.8 Å². The van der Waals surface area contributed by atoms with Crippen molar-refractivity contribution < 1.29 is 19.4 Å². The zero-order valence-corrected chi connectivity index (χ0v) is 13.7. The van der Waals surface area contributed by atoms with Crippen LogP contribution in [0.5, 0.6) is 0 Å². The highest BCUT2D eigenvalue weighted by Gasteiger charge is 2.16. The molecule has 6 heteroatoms. The van der Waals surface area contributed by atoms with E-state index in [9.17, 15) is 9.59 Å². The minimum absolute atomic E-state index is 0.0877. The van der Waals surface area contributed by atoms with Gasteiger partial charge >= 0.3 is 12.0 Å². The Bertz CT molecular complexity index is 308. The van der Waals surface area contributed by atoms with E-state index in [1.807, 2.05) is 6.92 Å². The van der Waals surface area contributed by atoms with Crippen LogP contribution in [-0.4, -0.2) is 55.4 Å². The van der Waals surface area contributed by atoms with Crippen LogP contribution in [0, 0.1) is 11.8 Å². The van der Waals surface area contributed by atoms with Crippen LogP contribution >= 0.6 is 0 Å². The van der Waals surface area contributed by atoms with Crippen LogP contribution in [0.25, 0.3) is 0 Å². The summed E-state index contributed by atoms with van der Waals surface area (Å²) in [6, 6.07) is -0.0877. The lowest BCUT2D eigenvalue weighted by molar-refractivity contribution is -0.137. The number of nitrogens with one attached hydrogen (secondary N) is 1. The zero-order valence-electron chi connectivity index (χ0n) is 13.7. The van der Waals surface area contributed by atoms with Crippen molar-refractivity contribution >= 4 is 12.0 Å². The zero-order chi connectivity index (χ0) is 16.3. The van der Waals surface area contributed by atoms with Crippen molar-refractivity contribution in [3.05, 3.63) is 0 Å². The van der Waals surface area contributed by atoms with Gasteiger partial charge in [0, 0.05) is 33.2 Å². The van der Waals surface area contributed by atoms with E-state index in [4.69, 9.17) is 9.84 Å². The summed E-state index contributed by atoms with van der Waals surface area (Å²) in [6.07, 6.45) is 1.65. The van der Waals surface area contributed by atoms with E-state index in [1.165, 1.54) is 0 Å². The summed E-state index contributed by atoms with van der Waals surface area (Å²) in [6.45, 7) is 8.42. The number of carboxylic acids is 1. The summed E-state index contributed by atoms with van der Waals surface area (Å²) in [5.74, 6) is -0.0334. The van der Waals surface area contributed by atoms with Crippen molar-refractivity contribution in [1.82, 2.24) is 10.2 Å². The number of ether oxygens (including phenoxy) is 1. The minimum atomic E-state index is -0.763. The topological polar surface area (TPSA) is 78.9 Å². The van der Waals surface area contributed by atoms with Crippen molar-refractivity contribution in [2.45, 2.75) is 40.0 Å². The second kappa shape index (κ2) is 11.4. The normalized spacial score (nSPS) is 12.2. The van der Waals surface area contributed by atoms with Gasteiger partial charge in [0.15, 0.2) is 0 Å². The van der Waals surface area contributed by atoms with E-state index in [0.29, 0.717) is 44.5 Å². The Balaban J connectivity index is 4.11. The van der Waals surface area contributed by atoms with Gasteiger partial charge in [0.25, 0.3) is 0 Å². The monoisotopic (exact) mass is 302 g/mol. The molecular formula is C15H30N2O4. The van der Waals surface area contributed by atoms with Crippen LogP contribution in [0.3, 0.4) is 0 Å². The van der Waals surface area contributed by atoms with Crippen LogP contribution in [0.1, 0.15) is 40.0 Å². The van der Waals surface area contributed by atoms with Crippen molar-refractivity contribution in [2.24, 2.45) is 11.8 Å². The van der Waals surface area contributed by atoms with E-state index in [-0.39, 0.29) is 12.5 Å². The summed E-state index contributed by atoms with van der Waals surface area (Å²) >= 11 is 0. The number of carbonyl (C=O) groups is 2. The van der Waals surface area contributed by atoms with Crippen LogP contribution in [0.15, 0.2) is 0 Å². The van der Waals surface area contributed by atoms with E-state index in [1.54, 1.807) is 12.0 Å². The number of rotatable bonds is 11. The molecule has 0 bridgehead atoms. The molecule has 124 valence electrons. The third kappa shape index (κ3) is 9.28. The summed E-state index contributed by atoms with van der Waals surface area (Å²) in [5, 5.41) is 11.7. The highest BCUT2D eigenvalue weighted by atomic mass is 16.5. The van der Waals surface area contributed by atoms with Gasteiger partial charge in [-0.2, -0.15) is 0 Å². The Morgan fingerprint density at radius 2 is 1.95 bits per heavy atom. The van der Waals surface area contributed by atoms with Gasteiger partial charge in [-0.3, -0.25) is 4.79 Å². The van der Waals surface area contributed by atoms with Crippen LogP contribution in [-0.2, 0) is 9.53 Å². The number of likely N-dealkylation sites (N-methyl/N-ethyl adjacent to an activating group) is 1. The molecule has 2 amide bonds. The molecule has 1 unspecified atom stereocenters. The molecule has 0 aromatic rings. The molecule has 0 aliphatic rings. The fourth-order valence-corrected chi connectivity index (χ4v) is 2.20. The first-order chi connectivity index (χ1) is 9.92. The first-order valence-electron chi connectivity index (χ1n) is 7.65. The van der Waals surface area contributed by atoms with Crippen molar-refractivity contribution in [1.29, 1.82) is 0 Å². The average molecular weight is 302 g/mol. The van der Waals surface area contributed by atoms with Crippen molar-refractivity contribution in [3.63, 3.8) is 0 Å². The van der Waals surface area contributed by atoms with Crippen molar-refractivity contribution in [3.8, 4) is 0 Å². The Labute approximate surface area is 127 Å². The first-order valence-corrected chi connectivity index (χ1v) is 7.65. The molecule has 0 aromatic heterocycles. The molecule has 0 spiro atoms. The minimum Gasteiger partial charge on any atom is -0.481 e. The van der Waals surface area contributed by atoms with Gasteiger partial charge in [-0.15, -0.1) is 0 Å². The molecule has 0 radical (unpaired) electrons. The summed E-state index contributed by atoms with van der Waals surface area (Å²) < 4.78 is 4.98. The largest absolute Gasteiger partial charge is 0.481 e. The predicted octanol–water partition coefficient (Wildman–Crippen LogP) is 2.19. The van der Waals surface area contributed by atoms with Gasteiger partial charge in [0.05, 0.1) is 6.61 Å². The lowest BCUT2D eigenvalue weighted by Gasteiger charge is -2.23. The number of hydrogen-bond donors (Lipinski definition) is 2. The van der Waals surface area contributed by atoms with Gasteiger partial charge in [0.1, 0.15) is 0 Å².